The second-order valence-electron chi connectivity index (χ2n) is 9.13. The van der Waals surface area contributed by atoms with Gasteiger partial charge < -0.3 is 25.2 Å². The lowest BCUT2D eigenvalue weighted by Crippen LogP contribution is -2.48. The lowest BCUT2D eigenvalue weighted by Gasteiger charge is -2.33. The Morgan fingerprint density at radius 1 is 1.13 bits per heavy atom. The summed E-state index contributed by atoms with van der Waals surface area (Å²) in [5.41, 5.74) is 0.546. The first-order valence-corrected chi connectivity index (χ1v) is 11.0. The largest absolute Gasteiger partial charge is 0.492 e. The van der Waals surface area contributed by atoms with Gasteiger partial charge in [-0.15, -0.1) is 24.0 Å². The minimum atomic E-state index is -0.884. The highest BCUT2D eigenvalue weighted by molar-refractivity contribution is 14.0. The monoisotopic (exact) mass is 548 g/mol. The van der Waals surface area contributed by atoms with E-state index in [1.807, 2.05) is 26.0 Å². The van der Waals surface area contributed by atoms with E-state index in [1.165, 1.54) is 5.56 Å². The third-order valence-electron chi connectivity index (χ3n) is 4.97. The fourth-order valence-electron chi connectivity index (χ4n) is 3.27. The van der Waals surface area contributed by atoms with Crippen molar-refractivity contribution in [1.82, 2.24) is 15.5 Å². The average Bonchev–Trinajstić information content (AvgIpc) is 2.69. The Labute approximate surface area is 205 Å². The molecule has 0 aromatic heterocycles. The average molecular weight is 549 g/mol. The Bertz CT molecular complexity index is 654. The molecule has 0 bridgehead atoms. The maximum absolute atomic E-state index is 10.7. The summed E-state index contributed by atoms with van der Waals surface area (Å²) in [5, 5.41) is 17.2. The van der Waals surface area contributed by atoms with E-state index in [0.717, 1.165) is 38.6 Å². The SMILES string of the molecule is CCNC(=NCC(C)(O)CN1CCOCC1)NCCOc1ccc(C(C)(C)C)cc1.I. The molecule has 0 radical (unpaired) electrons. The van der Waals surface area contributed by atoms with E-state index in [9.17, 15) is 5.11 Å². The Morgan fingerprint density at radius 2 is 1.77 bits per heavy atom. The maximum Gasteiger partial charge on any atom is 0.191 e. The first kappa shape index (κ1) is 27.9. The molecule has 1 atom stereocenters. The van der Waals surface area contributed by atoms with Gasteiger partial charge in [0, 0.05) is 26.2 Å². The summed E-state index contributed by atoms with van der Waals surface area (Å²) in [7, 11) is 0. The number of rotatable bonds is 9. The van der Waals surface area contributed by atoms with E-state index in [1.54, 1.807) is 0 Å². The normalized spacial score (nSPS) is 17.4. The number of guanidine groups is 1. The van der Waals surface area contributed by atoms with Gasteiger partial charge in [-0.05, 0) is 37.0 Å². The van der Waals surface area contributed by atoms with E-state index in [2.05, 4.69) is 53.4 Å². The van der Waals surface area contributed by atoms with Crippen LogP contribution in [0.3, 0.4) is 0 Å². The molecule has 1 fully saturated rings. The number of aliphatic hydroxyl groups is 1. The molecule has 8 heteroatoms. The Hall–Kier alpha value is -1.10. The zero-order valence-electron chi connectivity index (χ0n) is 19.7. The van der Waals surface area contributed by atoms with Crippen molar-refractivity contribution in [2.45, 2.75) is 45.6 Å². The molecule has 0 spiro atoms. The maximum atomic E-state index is 10.7. The predicted octanol–water partition coefficient (Wildman–Crippen LogP) is 2.62. The van der Waals surface area contributed by atoms with Crippen molar-refractivity contribution in [3.63, 3.8) is 0 Å². The van der Waals surface area contributed by atoms with Crippen molar-refractivity contribution < 1.29 is 14.6 Å². The standard InChI is InChI=1S/C23H40N4O3.HI/c1-6-24-21(26-17-23(5,28)18-27-12-15-29-16-13-27)25-11-14-30-20-9-7-19(8-10-20)22(2,3)4;/h7-10,28H,6,11-18H2,1-5H3,(H2,24,25,26);1H. The number of aliphatic imine (C=N–C) groups is 1. The summed E-state index contributed by atoms with van der Waals surface area (Å²) in [6, 6.07) is 8.26. The molecule has 0 saturated carbocycles. The van der Waals surface area contributed by atoms with Crippen molar-refractivity contribution in [2.24, 2.45) is 4.99 Å². The second kappa shape index (κ2) is 13.4. The number of nitrogens with zero attached hydrogens (tertiary/aromatic N) is 2. The Kier molecular flexibility index (Phi) is 12.1. The van der Waals surface area contributed by atoms with E-state index in [0.29, 0.717) is 32.2 Å². The molecule has 1 aromatic rings. The van der Waals surface area contributed by atoms with Crippen LogP contribution in [-0.2, 0) is 10.2 Å². The van der Waals surface area contributed by atoms with Gasteiger partial charge in [-0.2, -0.15) is 0 Å². The van der Waals surface area contributed by atoms with Gasteiger partial charge in [0.2, 0.25) is 0 Å². The molecule has 178 valence electrons. The zero-order valence-corrected chi connectivity index (χ0v) is 22.1. The van der Waals surface area contributed by atoms with Crippen LogP contribution in [0.2, 0.25) is 0 Å². The van der Waals surface area contributed by atoms with Crippen molar-refractivity contribution in [2.75, 3.05) is 59.1 Å². The number of nitrogens with one attached hydrogen (secondary N) is 2. The van der Waals surface area contributed by atoms with Gasteiger partial charge in [-0.1, -0.05) is 32.9 Å². The summed E-state index contributed by atoms with van der Waals surface area (Å²) >= 11 is 0. The van der Waals surface area contributed by atoms with Crippen LogP contribution >= 0.6 is 24.0 Å². The topological polar surface area (TPSA) is 78.4 Å². The molecule has 1 saturated heterocycles. The number of hydrogen-bond donors (Lipinski definition) is 3. The Morgan fingerprint density at radius 3 is 2.35 bits per heavy atom. The second-order valence-corrected chi connectivity index (χ2v) is 9.13. The number of benzene rings is 1. The number of hydrogen-bond acceptors (Lipinski definition) is 5. The molecule has 1 aromatic carbocycles. The fraction of sp³-hybridized carbons (Fsp3) is 0.696. The van der Waals surface area contributed by atoms with Gasteiger partial charge in [0.15, 0.2) is 5.96 Å². The molecule has 7 nitrogen and oxygen atoms in total. The molecule has 2 rings (SSSR count). The quantitative estimate of drug-likeness (QED) is 0.191. The van der Waals surface area contributed by atoms with Crippen LogP contribution in [0.15, 0.2) is 29.3 Å². The minimum Gasteiger partial charge on any atom is -0.492 e. The van der Waals surface area contributed by atoms with Crippen LogP contribution < -0.4 is 15.4 Å². The molecule has 3 N–H and O–H groups in total. The van der Waals surface area contributed by atoms with Crippen LogP contribution in [-0.4, -0.2) is 80.7 Å². The highest BCUT2D eigenvalue weighted by atomic mass is 127. The van der Waals surface area contributed by atoms with Gasteiger partial charge in [-0.25, -0.2) is 0 Å². The first-order chi connectivity index (χ1) is 14.2. The molecule has 1 aliphatic heterocycles. The summed E-state index contributed by atoms with van der Waals surface area (Å²) in [6.45, 7) is 16.4. The molecule has 0 amide bonds. The zero-order chi connectivity index (χ0) is 22.0. The smallest absolute Gasteiger partial charge is 0.191 e. The third kappa shape index (κ3) is 10.9. The molecule has 1 aliphatic rings. The molecule has 0 aliphatic carbocycles. The number of halogens is 1. The van der Waals surface area contributed by atoms with Gasteiger partial charge in [0.25, 0.3) is 0 Å². The number of morpholine rings is 1. The van der Waals surface area contributed by atoms with Crippen molar-refractivity contribution >= 4 is 29.9 Å². The van der Waals surface area contributed by atoms with Crippen molar-refractivity contribution in [3.8, 4) is 5.75 Å². The van der Waals surface area contributed by atoms with Crippen molar-refractivity contribution in [3.05, 3.63) is 29.8 Å². The van der Waals surface area contributed by atoms with Crippen LogP contribution in [0.1, 0.15) is 40.2 Å². The molecule has 31 heavy (non-hydrogen) atoms. The Balaban J connectivity index is 0.00000480. The molecular formula is C23H41IN4O3. The van der Waals surface area contributed by atoms with Gasteiger partial charge >= 0.3 is 0 Å². The van der Waals surface area contributed by atoms with Gasteiger partial charge in [0.05, 0.1) is 31.9 Å². The number of ether oxygens (including phenoxy) is 2. The fourth-order valence-corrected chi connectivity index (χ4v) is 3.27. The van der Waals surface area contributed by atoms with E-state index in [4.69, 9.17) is 9.47 Å². The lowest BCUT2D eigenvalue weighted by molar-refractivity contribution is -0.0179. The van der Waals surface area contributed by atoms with E-state index >= 15 is 0 Å². The van der Waals surface area contributed by atoms with Crippen LogP contribution in [0.4, 0.5) is 0 Å². The van der Waals surface area contributed by atoms with Crippen LogP contribution in [0.25, 0.3) is 0 Å². The highest BCUT2D eigenvalue weighted by Crippen LogP contribution is 2.24. The van der Waals surface area contributed by atoms with E-state index in [-0.39, 0.29) is 29.4 Å². The molecule has 1 heterocycles. The third-order valence-corrected chi connectivity index (χ3v) is 4.97. The molecular weight excluding hydrogens is 507 g/mol. The summed E-state index contributed by atoms with van der Waals surface area (Å²) in [6.07, 6.45) is 0. The van der Waals surface area contributed by atoms with Crippen LogP contribution in [0, 0.1) is 0 Å². The summed E-state index contributed by atoms with van der Waals surface area (Å²) in [4.78, 5) is 6.79. The summed E-state index contributed by atoms with van der Waals surface area (Å²) in [5.74, 6) is 1.55. The lowest BCUT2D eigenvalue weighted by atomic mass is 9.87. The van der Waals surface area contributed by atoms with Gasteiger partial charge in [-0.3, -0.25) is 9.89 Å². The predicted molar refractivity (Wildman–Crippen MR) is 138 cm³/mol. The number of β-amino-alcohol motifs (C(OH)–C–C–N with tert-alkyl or cyclic N) is 1. The van der Waals surface area contributed by atoms with Gasteiger partial charge in [0.1, 0.15) is 12.4 Å². The van der Waals surface area contributed by atoms with E-state index < -0.39 is 5.60 Å². The highest BCUT2D eigenvalue weighted by Gasteiger charge is 2.25. The molecule has 1 unspecified atom stereocenters. The van der Waals surface area contributed by atoms with Crippen LogP contribution in [0.5, 0.6) is 5.75 Å². The van der Waals surface area contributed by atoms with Crippen molar-refractivity contribution in [1.29, 1.82) is 0 Å². The summed E-state index contributed by atoms with van der Waals surface area (Å²) < 4.78 is 11.2. The first-order valence-electron chi connectivity index (χ1n) is 11.0. The minimum absolute atomic E-state index is 0.